The first kappa shape index (κ1) is 11.0. The van der Waals surface area contributed by atoms with Crippen LogP contribution < -0.4 is 5.73 Å². The van der Waals surface area contributed by atoms with Crippen molar-refractivity contribution in [3.05, 3.63) is 52.8 Å². The van der Waals surface area contributed by atoms with Crippen LogP contribution in [-0.2, 0) is 0 Å². The van der Waals surface area contributed by atoms with E-state index in [1.54, 1.807) is 12.1 Å². The quantitative estimate of drug-likeness (QED) is 0.742. The minimum atomic E-state index is -0.305. The normalized spacial score (nSPS) is 10.4. The smallest absolute Gasteiger partial charge is 0.123 e. The Balaban J connectivity index is 2.58. The highest BCUT2D eigenvalue weighted by atomic mass is 35.5. The van der Waals surface area contributed by atoms with E-state index < -0.39 is 0 Å². The van der Waals surface area contributed by atoms with E-state index in [0.717, 1.165) is 11.1 Å². The maximum atomic E-state index is 13.1. The number of halogens is 2. The number of aryl methyl sites for hydroxylation is 1. The third kappa shape index (κ3) is 2.02. The van der Waals surface area contributed by atoms with Gasteiger partial charge >= 0.3 is 0 Å². The van der Waals surface area contributed by atoms with E-state index in [-0.39, 0.29) is 5.82 Å². The van der Waals surface area contributed by atoms with Crippen LogP contribution in [0.2, 0.25) is 5.02 Å². The molecule has 2 N–H and O–H groups in total. The molecule has 0 saturated carbocycles. The average molecular weight is 236 g/mol. The van der Waals surface area contributed by atoms with E-state index in [0.29, 0.717) is 16.3 Å². The summed E-state index contributed by atoms with van der Waals surface area (Å²) in [5.41, 5.74) is 8.82. The Hall–Kier alpha value is -1.54. The highest BCUT2D eigenvalue weighted by Gasteiger charge is 2.05. The minimum absolute atomic E-state index is 0.305. The molecule has 0 amide bonds. The predicted octanol–water partition coefficient (Wildman–Crippen LogP) is 4.04. The number of benzene rings is 2. The van der Waals surface area contributed by atoms with Gasteiger partial charge in [-0.15, -0.1) is 0 Å². The van der Waals surface area contributed by atoms with Crippen molar-refractivity contribution >= 4 is 17.3 Å². The van der Waals surface area contributed by atoms with Crippen LogP contribution in [0.3, 0.4) is 0 Å². The van der Waals surface area contributed by atoms with Crippen molar-refractivity contribution in [2.45, 2.75) is 6.92 Å². The molecule has 2 aromatic carbocycles. The molecule has 2 rings (SSSR count). The van der Waals surface area contributed by atoms with Crippen LogP contribution in [0.25, 0.3) is 11.1 Å². The topological polar surface area (TPSA) is 26.0 Å². The van der Waals surface area contributed by atoms with Gasteiger partial charge in [-0.3, -0.25) is 0 Å². The van der Waals surface area contributed by atoms with E-state index in [4.69, 9.17) is 17.3 Å². The summed E-state index contributed by atoms with van der Waals surface area (Å²) in [5, 5.41) is 0.654. The zero-order valence-corrected chi connectivity index (χ0v) is 9.55. The summed E-state index contributed by atoms with van der Waals surface area (Å²) in [5.74, 6) is -0.305. The number of rotatable bonds is 1. The van der Waals surface area contributed by atoms with E-state index in [1.165, 1.54) is 12.1 Å². The van der Waals surface area contributed by atoms with Crippen LogP contribution in [0, 0.1) is 12.7 Å². The molecule has 0 atom stereocenters. The lowest BCUT2D eigenvalue weighted by atomic mass is 10.0. The average Bonchev–Trinajstić information content (AvgIpc) is 2.26. The van der Waals surface area contributed by atoms with Crippen LogP contribution >= 0.6 is 11.6 Å². The van der Waals surface area contributed by atoms with Gasteiger partial charge in [-0.2, -0.15) is 0 Å². The third-order valence-electron chi connectivity index (χ3n) is 2.50. The van der Waals surface area contributed by atoms with Gasteiger partial charge in [0.1, 0.15) is 5.82 Å². The van der Waals surface area contributed by atoms with Crippen molar-refractivity contribution in [2.24, 2.45) is 0 Å². The lowest BCUT2D eigenvalue weighted by Gasteiger charge is -2.07. The predicted molar refractivity (Wildman–Crippen MR) is 66.0 cm³/mol. The third-order valence-corrected chi connectivity index (χ3v) is 2.91. The van der Waals surface area contributed by atoms with Crippen molar-refractivity contribution in [1.82, 2.24) is 0 Å². The molecule has 0 unspecified atom stereocenters. The molecule has 82 valence electrons. The number of nitrogen functional groups attached to an aromatic ring is 1. The Labute approximate surface area is 98.7 Å². The minimum Gasteiger partial charge on any atom is -0.398 e. The second-order valence-corrected chi connectivity index (χ2v) is 4.10. The van der Waals surface area contributed by atoms with Crippen LogP contribution in [0.15, 0.2) is 36.4 Å². The van der Waals surface area contributed by atoms with Gasteiger partial charge in [0.2, 0.25) is 0 Å². The molecule has 0 saturated heterocycles. The summed E-state index contributed by atoms with van der Waals surface area (Å²) in [6.45, 7) is 1.92. The van der Waals surface area contributed by atoms with Crippen molar-refractivity contribution in [3.63, 3.8) is 0 Å². The fourth-order valence-corrected chi connectivity index (χ4v) is 1.72. The Kier molecular flexibility index (Phi) is 2.84. The second-order valence-electron chi connectivity index (χ2n) is 3.70. The van der Waals surface area contributed by atoms with Crippen molar-refractivity contribution in [3.8, 4) is 11.1 Å². The summed E-state index contributed by atoms with van der Waals surface area (Å²) in [6.07, 6.45) is 0. The SMILES string of the molecule is Cc1ccc(-c2cc(F)ccc2N)cc1Cl. The molecule has 0 bridgehead atoms. The van der Waals surface area contributed by atoms with E-state index in [1.807, 2.05) is 19.1 Å². The molecule has 2 aromatic rings. The summed E-state index contributed by atoms with van der Waals surface area (Å²) < 4.78 is 13.1. The zero-order chi connectivity index (χ0) is 11.7. The molecular weight excluding hydrogens is 225 g/mol. The number of anilines is 1. The first-order chi connectivity index (χ1) is 7.58. The molecule has 0 aliphatic carbocycles. The first-order valence-electron chi connectivity index (χ1n) is 4.89. The molecule has 0 aromatic heterocycles. The van der Waals surface area contributed by atoms with Gasteiger partial charge < -0.3 is 5.73 Å². The molecule has 16 heavy (non-hydrogen) atoms. The number of hydrogen-bond acceptors (Lipinski definition) is 1. The molecule has 0 aliphatic rings. The van der Waals surface area contributed by atoms with Crippen LogP contribution in [0.5, 0.6) is 0 Å². The largest absolute Gasteiger partial charge is 0.398 e. The van der Waals surface area contributed by atoms with Gasteiger partial charge in [-0.1, -0.05) is 23.7 Å². The highest BCUT2D eigenvalue weighted by molar-refractivity contribution is 6.31. The Bertz CT molecular complexity index is 537. The fraction of sp³-hybridized carbons (Fsp3) is 0.0769. The zero-order valence-electron chi connectivity index (χ0n) is 8.80. The Morgan fingerprint density at radius 3 is 2.56 bits per heavy atom. The number of hydrogen-bond donors (Lipinski definition) is 1. The molecule has 1 nitrogen and oxygen atoms in total. The molecular formula is C13H11ClFN. The van der Waals surface area contributed by atoms with Crippen LogP contribution in [0.1, 0.15) is 5.56 Å². The van der Waals surface area contributed by atoms with Crippen molar-refractivity contribution in [1.29, 1.82) is 0 Å². The van der Waals surface area contributed by atoms with Gasteiger partial charge in [0.25, 0.3) is 0 Å². The molecule has 0 aliphatic heterocycles. The molecule has 0 fully saturated rings. The number of nitrogens with two attached hydrogens (primary N) is 1. The van der Waals surface area contributed by atoms with Crippen molar-refractivity contribution in [2.75, 3.05) is 5.73 Å². The monoisotopic (exact) mass is 235 g/mol. The second kappa shape index (κ2) is 4.14. The van der Waals surface area contributed by atoms with Crippen LogP contribution in [0.4, 0.5) is 10.1 Å². The Morgan fingerprint density at radius 2 is 1.88 bits per heavy atom. The molecule has 0 radical (unpaired) electrons. The molecule has 0 spiro atoms. The Morgan fingerprint density at radius 1 is 1.12 bits per heavy atom. The summed E-state index contributed by atoms with van der Waals surface area (Å²) in [7, 11) is 0. The first-order valence-corrected chi connectivity index (χ1v) is 5.27. The van der Waals surface area contributed by atoms with E-state index in [9.17, 15) is 4.39 Å². The van der Waals surface area contributed by atoms with Gasteiger partial charge in [0.15, 0.2) is 0 Å². The van der Waals surface area contributed by atoms with E-state index >= 15 is 0 Å². The highest BCUT2D eigenvalue weighted by Crippen LogP contribution is 2.29. The summed E-state index contributed by atoms with van der Waals surface area (Å²) >= 11 is 6.02. The van der Waals surface area contributed by atoms with Gasteiger partial charge in [0, 0.05) is 16.3 Å². The maximum Gasteiger partial charge on any atom is 0.123 e. The maximum absolute atomic E-state index is 13.1. The van der Waals surface area contributed by atoms with Gasteiger partial charge in [-0.05, 0) is 42.3 Å². The molecule has 0 heterocycles. The van der Waals surface area contributed by atoms with E-state index in [2.05, 4.69) is 0 Å². The summed E-state index contributed by atoms with van der Waals surface area (Å²) in [4.78, 5) is 0. The lowest BCUT2D eigenvalue weighted by Crippen LogP contribution is -1.91. The van der Waals surface area contributed by atoms with Gasteiger partial charge in [0.05, 0.1) is 0 Å². The standard InChI is InChI=1S/C13H11ClFN/c1-8-2-3-9(6-12(8)14)11-7-10(15)4-5-13(11)16/h2-7H,16H2,1H3. The summed E-state index contributed by atoms with van der Waals surface area (Å²) in [6, 6.07) is 9.87. The van der Waals surface area contributed by atoms with Crippen molar-refractivity contribution < 1.29 is 4.39 Å². The van der Waals surface area contributed by atoms with Crippen LogP contribution in [-0.4, -0.2) is 0 Å². The van der Waals surface area contributed by atoms with Gasteiger partial charge in [-0.25, -0.2) is 4.39 Å². The molecule has 3 heteroatoms. The lowest BCUT2D eigenvalue weighted by molar-refractivity contribution is 0.628. The fourth-order valence-electron chi connectivity index (χ4n) is 1.54.